The molecular weight excluding hydrogens is 385 g/mol. The van der Waals surface area contributed by atoms with Gasteiger partial charge in [-0.2, -0.15) is 13.2 Å². The van der Waals surface area contributed by atoms with Crippen LogP contribution in [0.2, 0.25) is 0 Å². The summed E-state index contributed by atoms with van der Waals surface area (Å²) >= 11 is 0. The Hall–Kier alpha value is -2.72. The van der Waals surface area contributed by atoms with Gasteiger partial charge in [-0.05, 0) is 30.9 Å². The Labute approximate surface area is 166 Å². The number of aromatic nitrogens is 2. The number of hydrazine groups is 1. The van der Waals surface area contributed by atoms with Gasteiger partial charge in [0.05, 0.1) is 23.2 Å². The van der Waals surface area contributed by atoms with Crippen molar-refractivity contribution in [1.82, 2.24) is 20.8 Å². The Morgan fingerprint density at radius 3 is 2.62 bits per heavy atom. The molecule has 1 aliphatic heterocycles. The van der Waals surface area contributed by atoms with E-state index in [0.29, 0.717) is 25.1 Å². The normalized spacial score (nSPS) is 16.0. The van der Waals surface area contributed by atoms with Crippen LogP contribution in [0.4, 0.5) is 19.1 Å². The maximum absolute atomic E-state index is 13.4. The molecule has 0 aliphatic carbocycles. The van der Waals surface area contributed by atoms with Gasteiger partial charge in [0.15, 0.2) is 0 Å². The Morgan fingerprint density at radius 1 is 1.28 bits per heavy atom. The predicted molar refractivity (Wildman–Crippen MR) is 102 cm³/mol. The monoisotopic (exact) mass is 408 g/mol. The highest BCUT2D eigenvalue weighted by atomic mass is 19.4. The van der Waals surface area contributed by atoms with E-state index < -0.39 is 23.6 Å². The number of carbonyl (C=O) groups excluding carboxylic acids is 1. The number of hydrogen-bond donors (Lipinski definition) is 4. The molecule has 2 aromatic rings. The van der Waals surface area contributed by atoms with Gasteiger partial charge in [-0.15, -0.1) is 0 Å². The second-order valence-electron chi connectivity index (χ2n) is 6.98. The van der Waals surface area contributed by atoms with E-state index in [1.165, 1.54) is 0 Å². The molecule has 1 aromatic carbocycles. The van der Waals surface area contributed by atoms with E-state index in [9.17, 15) is 18.0 Å². The topological polar surface area (TPSA) is 105 Å². The molecule has 156 valence electrons. The summed E-state index contributed by atoms with van der Waals surface area (Å²) in [6.45, 7) is 2.90. The molecule has 7 nitrogen and oxygen atoms in total. The number of anilines is 1. The van der Waals surface area contributed by atoms with E-state index in [4.69, 9.17) is 5.73 Å². The van der Waals surface area contributed by atoms with Gasteiger partial charge in [-0.25, -0.2) is 9.97 Å². The molecule has 29 heavy (non-hydrogen) atoms. The van der Waals surface area contributed by atoms with Crippen LogP contribution in [0.1, 0.15) is 35.2 Å². The summed E-state index contributed by atoms with van der Waals surface area (Å²) in [5, 5.41) is 3.03. The molecule has 3 rings (SSSR count). The molecule has 1 atom stereocenters. The number of nitrogens with zero attached hydrogens (tertiary/aromatic N) is 2. The molecule has 1 aliphatic rings. The average molecular weight is 408 g/mol. The van der Waals surface area contributed by atoms with Crippen molar-refractivity contribution in [2.75, 3.05) is 18.4 Å². The fourth-order valence-corrected chi connectivity index (χ4v) is 3.25. The zero-order valence-corrected chi connectivity index (χ0v) is 15.9. The molecule has 1 saturated heterocycles. The standard InChI is InChI=1S/C19H23F3N6O/c1-11(17(23)29)14-5-3-2-4-12(14)6-7-16-15(19(20,21)22)10-24-18(28-16)27-13-8-25-26-9-13/h2-5,10-11,13,25-26H,6-9H2,1H3,(H2,23,29)(H,24,27,28). The first-order chi connectivity index (χ1) is 13.8. The quantitative estimate of drug-likeness (QED) is 0.557. The molecule has 0 bridgehead atoms. The van der Waals surface area contributed by atoms with Crippen LogP contribution in [-0.2, 0) is 23.8 Å². The van der Waals surface area contributed by atoms with Crippen LogP contribution in [0.5, 0.6) is 0 Å². The molecule has 1 fully saturated rings. The maximum atomic E-state index is 13.4. The van der Waals surface area contributed by atoms with Gasteiger partial charge >= 0.3 is 6.18 Å². The highest BCUT2D eigenvalue weighted by Crippen LogP contribution is 2.32. The highest BCUT2D eigenvalue weighted by Gasteiger charge is 2.35. The highest BCUT2D eigenvalue weighted by molar-refractivity contribution is 5.81. The third kappa shape index (κ3) is 5.21. The van der Waals surface area contributed by atoms with Crippen molar-refractivity contribution in [2.24, 2.45) is 5.73 Å². The van der Waals surface area contributed by atoms with Gasteiger partial charge in [-0.3, -0.25) is 15.6 Å². The second-order valence-corrected chi connectivity index (χ2v) is 6.98. The largest absolute Gasteiger partial charge is 0.419 e. The SMILES string of the molecule is CC(C(N)=O)c1ccccc1CCc1nc(NC2CNNC2)ncc1C(F)(F)F. The lowest BCUT2D eigenvalue weighted by atomic mass is 9.92. The Kier molecular flexibility index (Phi) is 6.33. The molecule has 1 unspecified atom stereocenters. The summed E-state index contributed by atoms with van der Waals surface area (Å²) in [5.74, 6) is -0.860. The zero-order chi connectivity index (χ0) is 21.0. The number of amides is 1. The van der Waals surface area contributed by atoms with Crippen LogP contribution >= 0.6 is 0 Å². The minimum absolute atomic E-state index is 0.0169. The molecule has 0 saturated carbocycles. The predicted octanol–water partition coefficient (Wildman–Crippen LogP) is 1.76. The van der Waals surface area contributed by atoms with Gasteiger partial charge in [-0.1, -0.05) is 24.3 Å². The van der Waals surface area contributed by atoms with E-state index in [-0.39, 0.29) is 24.1 Å². The molecule has 5 N–H and O–H groups in total. The van der Waals surface area contributed by atoms with Gasteiger partial charge in [0.1, 0.15) is 0 Å². The van der Waals surface area contributed by atoms with E-state index in [1.54, 1.807) is 31.2 Å². The number of rotatable bonds is 7. The van der Waals surface area contributed by atoms with Crippen LogP contribution in [-0.4, -0.2) is 35.0 Å². The number of carbonyl (C=O) groups is 1. The number of hydrogen-bond acceptors (Lipinski definition) is 6. The number of primary amides is 1. The Morgan fingerprint density at radius 2 is 1.97 bits per heavy atom. The summed E-state index contributed by atoms with van der Waals surface area (Å²) < 4.78 is 40.3. The van der Waals surface area contributed by atoms with Crippen molar-refractivity contribution in [2.45, 2.75) is 37.9 Å². The summed E-state index contributed by atoms with van der Waals surface area (Å²) in [6, 6.07) is 7.09. The van der Waals surface area contributed by atoms with Crippen molar-refractivity contribution >= 4 is 11.9 Å². The number of halogens is 3. The average Bonchev–Trinajstić information content (AvgIpc) is 3.18. The summed E-state index contributed by atoms with van der Waals surface area (Å²) in [7, 11) is 0. The Balaban J connectivity index is 1.84. The van der Waals surface area contributed by atoms with Crippen LogP contribution in [0.15, 0.2) is 30.5 Å². The van der Waals surface area contributed by atoms with Crippen molar-refractivity contribution in [3.8, 4) is 0 Å². The van der Waals surface area contributed by atoms with Crippen LogP contribution in [0, 0.1) is 0 Å². The lowest BCUT2D eigenvalue weighted by Crippen LogP contribution is -2.26. The molecule has 2 heterocycles. The van der Waals surface area contributed by atoms with Crippen LogP contribution in [0.3, 0.4) is 0 Å². The van der Waals surface area contributed by atoms with Gasteiger partial charge in [0.2, 0.25) is 11.9 Å². The minimum atomic E-state index is -4.55. The first kappa shape index (κ1) is 21.0. The van der Waals surface area contributed by atoms with Crippen molar-refractivity contribution in [3.63, 3.8) is 0 Å². The molecule has 1 aromatic heterocycles. The fourth-order valence-electron chi connectivity index (χ4n) is 3.25. The van der Waals surface area contributed by atoms with Crippen LogP contribution in [0.25, 0.3) is 0 Å². The lowest BCUT2D eigenvalue weighted by molar-refractivity contribution is -0.138. The first-order valence-electron chi connectivity index (χ1n) is 9.28. The van der Waals surface area contributed by atoms with Gasteiger partial charge < -0.3 is 11.1 Å². The van der Waals surface area contributed by atoms with E-state index in [2.05, 4.69) is 26.1 Å². The Bertz CT molecular complexity index is 867. The number of benzene rings is 1. The van der Waals surface area contributed by atoms with Gasteiger partial charge in [0, 0.05) is 19.3 Å². The number of nitrogens with one attached hydrogen (secondary N) is 3. The molecule has 1 amide bonds. The smallest absolute Gasteiger partial charge is 0.369 e. The van der Waals surface area contributed by atoms with E-state index in [1.807, 2.05) is 0 Å². The summed E-state index contributed by atoms with van der Waals surface area (Å²) in [4.78, 5) is 19.5. The molecule has 0 radical (unpaired) electrons. The second kappa shape index (κ2) is 8.75. The number of aryl methyl sites for hydroxylation is 2. The summed E-state index contributed by atoms with van der Waals surface area (Å²) in [5.41, 5.74) is 11.8. The molecule has 10 heteroatoms. The van der Waals surface area contributed by atoms with Crippen LogP contribution < -0.4 is 21.9 Å². The van der Waals surface area contributed by atoms with Crippen molar-refractivity contribution in [3.05, 3.63) is 52.8 Å². The summed E-state index contributed by atoms with van der Waals surface area (Å²) in [6.07, 6.45) is -3.39. The first-order valence-corrected chi connectivity index (χ1v) is 9.28. The van der Waals surface area contributed by atoms with Crippen molar-refractivity contribution in [1.29, 1.82) is 0 Å². The van der Waals surface area contributed by atoms with E-state index >= 15 is 0 Å². The minimum Gasteiger partial charge on any atom is -0.369 e. The maximum Gasteiger partial charge on any atom is 0.419 e. The molecular formula is C19H23F3N6O. The third-order valence-corrected chi connectivity index (χ3v) is 4.91. The lowest BCUT2D eigenvalue weighted by Gasteiger charge is -2.17. The molecule has 0 spiro atoms. The zero-order valence-electron chi connectivity index (χ0n) is 15.9. The third-order valence-electron chi connectivity index (χ3n) is 4.91. The number of alkyl halides is 3. The fraction of sp³-hybridized carbons (Fsp3) is 0.421. The van der Waals surface area contributed by atoms with Crippen molar-refractivity contribution < 1.29 is 18.0 Å². The van der Waals surface area contributed by atoms with Gasteiger partial charge in [0.25, 0.3) is 0 Å². The van der Waals surface area contributed by atoms with E-state index in [0.717, 1.165) is 11.8 Å². The number of nitrogens with two attached hydrogens (primary N) is 1.